The van der Waals surface area contributed by atoms with E-state index in [0.29, 0.717) is 34.7 Å². The molecule has 0 atom stereocenters. The number of carbonyl (C=O) groups excluding carboxylic acids is 2. The van der Waals surface area contributed by atoms with E-state index in [1.54, 1.807) is 37.4 Å². The highest BCUT2D eigenvalue weighted by Crippen LogP contribution is 2.35. The summed E-state index contributed by atoms with van der Waals surface area (Å²) in [5.74, 6) is -0.0724. The van der Waals surface area contributed by atoms with Crippen molar-refractivity contribution in [2.24, 2.45) is 0 Å². The average molecular weight is 461 g/mol. The summed E-state index contributed by atoms with van der Waals surface area (Å²) >= 11 is 0. The molecule has 34 heavy (non-hydrogen) atoms. The van der Waals surface area contributed by atoms with Gasteiger partial charge in [-0.25, -0.2) is 4.39 Å². The van der Waals surface area contributed by atoms with E-state index in [2.05, 4.69) is 5.32 Å². The van der Waals surface area contributed by atoms with Crippen LogP contribution in [0.15, 0.2) is 72.4 Å². The molecule has 6 nitrogen and oxygen atoms in total. The fourth-order valence-corrected chi connectivity index (χ4v) is 3.81. The van der Waals surface area contributed by atoms with Crippen molar-refractivity contribution in [1.82, 2.24) is 4.90 Å². The van der Waals surface area contributed by atoms with Crippen LogP contribution in [-0.2, 0) is 16.0 Å². The number of imide groups is 1. The molecule has 0 saturated carbocycles. The number of ether oxygens (including phenoxy) is 2. The molecule has 1 aliphatic heterocycles. The molecule has 0 aliphatic carbocycles. The summed E-state index contributed by atoms with van der Waals surface area (Å²) in [6, 6.07) is 18.6. The first-order chi connectivity index (χ1) is 16.4. The van der Waals surface area contributed by atoms with Gasteiger partial charge >= 0.3 is 0 Å². The Morgan fingerprint density at radius 1 is 0.882 bits per heavy atom. The lowest BCUT2D eigenvalue weighted by atomic mass is 10.0. The molecular formula is C27H25FN2O4. The molecule has 174 valence electrons. The van der Waals surface area contributed by atoms with Crippen LogP contribution in [0.2, 0.25) is 0 Å². The molecule has 1 heterocycles. The van der Waals surface area contributed by atoms with Gasteiger partial charge in [-0.3, -0.25) is 14.5 Å². The van der Waals surface area contributed by atoms with Gasteiger partial charge in [0, 0.05) is 12.6 Å². The van der Waals surface area contributed by atoms with Gasteiger partial charge in [0.15, 0.2) is 0 Å². The second-order valence-electron chi connectivity index (χ2n) is 7.95. The number of amides is 2. The third kappa shape index (κ3) is 4.64. The minimum atomic E-state index is -0.430. The topological polar surface area (TPSA) is 67.9 Å². The Morgan fingerprint density at radius 2 is 1.59 bits per heavy atom. The van der Waals surface area contributed by atoms with Crippen molar-refractivity contribution in [3.05, 3.63) is 94.9 Å². The van der Waals surface area contributed by atoms with Crippen LogP contribution in [-0.4, -0.2) is 37.5 Å². The van der Waals surface area contributed by atoms with Crippen LogP contribution in [0.5, 0.6) is 11.5 Å². The van der Waals surface area contributed by atoms with Crippen molar-refractivity contribution in [1.29, 1.82) is 0 Å². The van der Waals surface area contributed by atoms with Gasteiger partial charge in [0.1, 0.15) is 23.0 Å². The molecule has 0 bridgehead atoms. The highest BCUT2D eigenvalue weighted by molar-refractivity contribution is 6.36. The standard InChI is InChI=1S/C27H25FN2O4/c1-17-4-8-19(9-5-17)24-25(29-22-13-12-21(33-2)16-23(22)34-3)27(32)30(26(24)31)15-14-18-6-10-20(28)11-7-18/h4-13,16,29H,14-15H2,1-3H3. The van der Waals surface area contributed by atoms with Crippen molar-refractivity contribution in [2.75, 3.05) is 26.1 Å². The number of hydrogen-bond donors (Lipinski definition) is 1. The summed E-state index contributed by atoms with van der Waals surface area (Å²) in [6.07, 6.45) is 0.415. The number of hydrogen-bond acceptors (Lipinski definition) is 5. The zero-order valence-electron chi connectivity index (χ0n) is 19.2. The maximum absolute atomic E-state index is 13.4. The fourth-order valence-electron chi connectivity index (χ4n) is 3.81. The molecule has 0 saturated heterocycles. The maximum atomic E-state index is 13.4. The van der Waals surface area contributed by atoms with Gasteiger partial charge in [0.25, 0.3) is 11.8 Å². The molecule has 0 fully saturated rings. The number of nitrogens with zero attached hydrogens (tertiary/aromatic N) is 1. The molecule has 3 aromatic carbocycles. The molecule has 0 unspecified atom stereocenters. The summed E-state index contributed by atoms with van der Waals surface area (Å²) in [5.41, 5.74) is 3.52. The maximum Gasteiger partial charge on any atom is 0.278 e. The summed E-state index contributed by atoms with van der Waals surface area (Å²) < 4.78 is 23.9. The van der Waals surface area contributed by atoms with Crippen molar-refractivity contribution >= 4 is 23.1 Å². The Balaban J connectivity index is 1.68. The van der Waals surface area contributed by atoms with E-state index >= 15 is 0 Å². The normalized spacial score (nSPS) is 13.5. The number of rotatable bonds is 8. The lowest BCUT2D eigenvalue weighted by Crippen LogP contribution is -2.34. The van der Waals surface area contributed by atoms with Gasteiger partial charge in [-0.2, -0.15) is 0 Å². The Kier molecular flexibility index (Phi) is 6.63. The van der Waals surface area contributed by atoms with E-state index in [1.165, 1.54) is 24.1 Å². The fraction of sp³-hybridized carbons (Fsp3) is 0.185. The highest BCUT2D eigenvalue weighted by atomic mass is 19.1. The largest absolute Gasteiger partial charge is 0.497 e. The number of benzene rings is 3. The summed E-state index contributed by atoms with van der Waals surface area (Å²) in [4.78, 5) is 28.1. The summed E-state index contributed by atoms with van der Waals surface area (Å²) in [6.45, 7) is 2.12. The molecule has 0 radical (unpaired) electrons. The molecule has 3 aromatic rings. The first-order valence-electron chi connectivity index (χ1n) is 10.8. The number of anilines is 1. The third-order valence-corrected chi connectivity index (χ3v) is 5.71. The van der Waals surface area contributed by atoms with Crippen LogP contribution in [0.1, 0.15) is 16.7 Å². The number of aryl methyl sites for hydroxylation is 1. The van der Waals surface area contributed by atoms with E-state index in [0.717, 1.165) is 11.1 Å². The van der Waals surface area contributed by atoms with E-state index in [9.17, 15) is 14.0 Å². The lowest BCUT2D eigenvalue weighted by molar-refractivity contribution is -0.136. The lowest BCUT2D eigenvalue weighted by Gasteiger charge is -2.16. The average Bonchev–Trinajstić information content (AvgIpc) is 3.08. The van der Waals surface area contributed by atoms with Gasteiger partial charge < -0.3 is 14.8 Å². The van der Waals surface area contributed by atoms with Crippen LogP contribution in [0.4, 0.5) is 10.1 Å². The Morgan fingerprint density at radius 3 is 2.24 bits per heavy atom. The Bertz CT molecular complexity index is 1250. The van der Waals surface area contributed by atoms with E-state index < -0.39 is 5.91 Å². The zero-order chi connectivity index (χ0) is 24.2. The molecule has 7 heteroatoms. The second-order valence-corrected chi connectivity index (χ2v) is 7.95. The van der Waals surface area contributed by atoms with E-state index in [1.807, 2.05) is 31.2 Å². The van der Waals surface area contributed by atoms with E-state index in [-0.39, 0.29) is 24.0 Å². The smallest absolute Gasteiger partial charge is 0.278 e. The second kappa shape index (κ2) is 9.79. The van der Waals surface area contributed by atoms with Crippen molar-refractivity contribution in [3.8, 4) is 11.5 Å². The third-order valence-electron chi connectivity index (χ3n) is 5.71. The molecular weight excluding hydrogens is 435 g/mol. The first-order valence-corrected chi connectivity index (χ1v) is 10.8. The molecule has 4 rings (SSSR count). The number of methoxy groups -OCH3 is 2. The van der Waals surface area contributed by atoms with Gasteiger partial charge in [0.2, 0.25) is 0 Å². The van der Waals surface area contributed by atoms with Crippen LogP contribution < -0.4 is 14.8 Å². The number of halogens is 1. The number of carbonyl (C=O) groups is 2. The van der Waals surface area contributed by atoms with Gasteiger partial charge in [-0.05, 0) is 48.7 Å². The van der Waals surface area contributed by atoms with E-state index in [4.69, 9.17) is 9.47 Å². The predicted molar refractivity (Wildman–Crippen MR) is 128 cm³/mol. The van der Waals surface area contributed by atoms with Crippen LogP contribution in [0.3, 0.4) is 0 Å². The van der Waals surface area contributed by atoms with Gasteiger partial charge in [-0.15, -0.1) is 0 Å². The van der Waals surface area contributed by atoms with Crippen LogP contribution in [0, 0.1) is 12.7 Å². The van der Waals surface area contributed by atoms with Gasteiger partial charge in [0.05, 0.1) is 25.5 Å². The van der Waals surface area contributed by atoms with Crippen LogP contribution in [0.25, 0.3) is 5.57 Å². The molecule has 0 spiro atoms. The van der Waals surface area contributed by atoms with Crippen molar-refractivity contribution in [2.45, 2.75) is 13.3 Å². The number of nitrogens with one attached hydrogen (secondary N) is 1. The Labute approximate surface area is 197 Å². The first kappa shape index (κ1) is 23.0. The molecule has 2 amide bonds. The summed E-state index contributed by atoms with van der Waals surface area (Å²) in [5, 5.41) is 3.13. The SMILES string of the molecule is COc1ccc(NC2=C(c3ccc(C)cc3)C(=O)N(CCc3ccc(F)cc3)C2=O)c(OC)c1. The minimum Gasteiger partial charge on any atom is -0.497 e. The molecule has 0 aromatic heterocycles. The molecule has 1 aliphatic rings. The predicted octanol–water partition coefficient (Wildman–Crippen LogP) is 4.59. The molecule has 1 N–H and O–H groups in total. The quantitative estimate of drug-likeness (QED) is 0.498. The van der Waals surface area contributed by atoms with Gasteiger partial charge in [-0.1, -0.05) is 42.0 Å². The highest BCUT2D eigenvalue weighted by Gasteiger charge is 2.39. The van der Waals surface area contributed by atoms with Crippen LogP contribution >= 0.6 is 0 Å². The monoisotopic (exact) mass is 460 g/mol. The Hall–Kier alpha value is -4.13. The minimum absolute atomic E-state index is 0.170. The zero-order valence-corrected chi connectivity index (χ0v) is 19.2. The van der Waals surface area contributed by atoms with Crippen molar-refractivity contribution in [3.63, 3.8) is 0 Å². The summed E-state index contributed by atoms with van der Waals surface area (Å²) in [7, 11) is 3.07. The van der Waals surface area contributed by atoms with Crippen molar-refractivity contribution < 1.29 is 23.5 Å².